The first-order valence-electron chi connectivity index (χ1n) is 17.8. The van der Waals surface area contributed by atoms with E-state index in [0.717, 1.165) is 34.1 Å². The number of rotatable bonds is 8. The Kier molecular flexibility index (Phi) is 8.30. The highest BCUT2D eigenvalue weighted by molar-refractivity contribution is 6.29. The summed E-state index contributed by atoms with van der Waals surface area (Å²) in [6, 6.07) is 53.1. The molecule has 250 valence electrons. The predicted molar refractivity (Wildman–Crippen MR) is 219 cm³/mol. The van der Waals surface area contributed by atoms with Crippen LogP contribution in [0.25, 0.3) is 37.2 Å². The van der Waals surface area contributed by atoms with Crippen molar-refractivity contribution in [3.8, 4) is 6.07 Å². The van der Waals surface area contributed by atoms with E-state index in [2.05, 4.69) is 152 Å². The van der Waals surface area contributed by atoms with Gasteiger partial charge in [0.25, 0.3) is 0 Å². The summed E-state index contributed by atoms with van der Waals surface area (Å²) in [5.74, 6) is 0.543. The van der Waals surface area contributed by atoms with Gasteiger partial charge < -0.3 is 9.80 Å². The fraction of sp³-hybridized carbons (Fsp3) is 0.125. The van der Waals surface area contributed by atoms with Crippen molar-refractivity contribution in [3.63, 3.8) is 0 Å². The minimum Gasteiger partial charge on any atom is -0.310 e. The lowest BCUT2D eigenvalue weighted by Gasteiger charge is -2.31. The maximum absolute atomic E-state index is 9.61. The van der Waals surface area contributed by atoms with E-state index in [1.165, 1.54) is 43.4 Å². The van der Waals surface area contributed by atoms with Crippen molar-refractivity contribution in [2.24, 2.45) is 0 Å². The van der Waals surface area contributed by atoms with Gasteiger partial charge in [-0.25, -0.2) is 4.85 Å². The van der Waals surface area contributed by atoms with Crippen molar-refractivity contribution in [3.05, 3.63) is 174 Å². The fourth-order valence-corrected chi connectivity index (χ4v) is 7.70. The van der Waals surface area contributed by atoms with Crippen LogP contribution in [0.4, 0.5) is 39.8 Å². The van der Waals surface area contributed by atoms with Crippen LogP contribution in [0, 0.1) is 17.9 Å². The number of benzene rings is 8. The summed E-state index contributed by atoms with van der Waals surface area (Å²) in [6.45, 7) is 16.7. The van der Waals surface area contributed by atoms with Crippen molar-refractivity contribution in [1.82, 2.24) is 0 Å². The molecule has 0 bridgehead atoms. The van der Waals surface area contributed by atoms with Crippen molar-refractivity contribution >= 4 is 72.1 Å². The fourth-order valence-electron chi connectivity index (χ4n) is 7.70. The van der Waals surface area contributed by atoms with Gasteiger partial charge in [0.1, 0.15) is 0 Å². The van der Waals surface area contributed by atoms with Crippen LogP contribution in [0.5, 0.6) is 0 Å². The van der Waals surface area contributed by atoms with Gasteiger partial charge in [0, 0.05) is 33.5 Å². The largest absolute Gasteiger partial charge is 0.310 e. The monoisotopic (exact) mass is 670 g/mol. The van der Waals surface area contributed by atoms with Crippen molar-refractivity contribution in [1.29, 1.82) is 5.26 Å². The number of nitrogens with zero attached hydrogens (tertiary/aromatic N) is 4. The Morgan fingerprint density at radius 2 is 0.885 bits per heavy atom. The molecule has 0 spiro atoms. The summed E-state index contributed by atoms with van der Waals surface area (Å²) >= 11 is 0. The Hall–Kier alpha value is -6.62. The summed E-state index contributed by atoms with van der Waals surface area (Å²) in [5, 5.41) is 17.0. The van der Waals surface area contributed by atoms with Crippen LogP contribution in [0.3, 0.4) is 0 Å². The van der Waals surface area contributed by atoms with Crippen molar-refractivity contribution in [2.45, 2.75) is 39.5 Å². The average molecular weight is 671 g/mol. The number of para-hydroxylation sites is 2. The maximum Gasteiger partial charge on any atom is 0.187 e. The molecule has 52 heavy (non-hydrogen) atoms. The molecule has 8 aromatic rings. The van der Waals surface area contributed by atoms with Gasteiger partial charge in [0.15, 0.2) is 5.69 Å². The van der Waals surface area contributed by atoms with E-state index in [0.29, 0.717) is 11.3 Å². The molecule has 0 amide bonds. The molecule has 0 N–H and O–H groups in total. The standard InChI is InChI=1S/C48H38N4/c1-31(2)43-28-45(51(35-12-8-6-9-13-35)37-20-16-33(30-49)17-21-37)41-26-24-40-44(32(3)4)29-46(42-27-25-39(43)47(41)48(40)42)52(36-14-10-7-11-15-36)38-22-18-34(50-5)19-23-38/h6-29,31-32H,1-4H3. The summed E-state index contributed by atoms with van der Waals surface area (Å²) in [7, 11) is 0. The highest BCUT2D eigenvalue weighted by Gasteiger charge is 2.25. The lowest BCUT2D eigenvalue weighted by atomic mass is 9.84. The molecular formula is C48H38N4. The van der Waals surface area contributed by atoms with E-state index < -0.39 is 0 Å². The molecule has 0 aliphatic heterocycles. The Bertz CT molecular complexity index is 2440. The van der Waals surface area contributed by atoms with E-state index >= 15 is 0 Å². The normalized spacial score (nSPS) is 11.4. The van der Waals surface area contributed by atoms with Gasteiger partial charge in [-0.2, -0.15) is 5.26 Å². The zero-order chi connectivity index (χ0) is 35.9. The molecule has 0 heterocycles. The van der Waals surface area contributed by atoms with Crippen LogP contribution in [0.2, 0.25) is 0 Å². The molecule has 0 atom stereocenters. The molecule has 4 heteroatoms. The van der Waals surface area contributed by atoms with Gasteiger partial charge in [-0.1, -0.05) is 100 Å². The van der Waals surface area contributed by atoms with Crippen molar-refractivity contribution < 1.29 is 0 Å². The molecule has 0 unspecified atom stereocenters. The molecule has 0 saturated heterocycles. The van der Waals surface area contributed by atoms with Crippen LogP contribution in [0.1, 0.15) is 56.2 Å². The van der Waals surface area contributed by atoms with E-state index in [1.807, 2.05) is 42.5 Å². The molecule has 0 aromatic heterocycles. The Balaban J connectivity index is 1.50. The average Bonchev–Trinajstić information content (AvgIpc) is 3.18. The summed E-state index contributed by atoms with van der Waals surface area (Å²) in [4.78, 5) is 8.34. The first-order valence-corrected chi connectivity index (χ1v) is 17.8. The number of nitriles is 1. The number of hydrogen-bond donors (Lipinski definition) is 0. The van der Waals surface area contributed by atoms with E-state index in [1.54, 1.807) is 0 Å². The summed E-state index contributed by atoms with van der Waals surface area (Å²) in [5.41, 5.74) is 10.2. The highest BCUT2D eigenvalue weighted by atomic mass is 15.1. The maximum atomic E-state index is 9.61. The zero-order valence-corrected chi connectivity index (χ0v) is 29.8. The van der Waals surface area contributed by atoms with Crippen molar-refractivity contribution in [2.75, 3.05) is 9.80 Å². The smallest absolute Gasteiger partial charge is 0.187 e. The third-order valence-corrected chi connectivity index (χ3v) is 10.2. The van der Waals surface area contributed by atoms with E-state index in [-0.39, 0.29) is 11.8 Å². The topological polar surface area (TPSA) is 34.6 Å². The highest BCUT2D eigenvalue weighted by Crippen LogP contribution is 2.51. The van der Waals surface area contributed by atoms with Gasteiger partial charge >= 0.3 is 0 Å². The predicted octanol–water partition coefficient (Wildman–Crippen LogP) is 14.2. The molecule has 0 fully saturated rings. The van der Waals surface area contributed by atoms with E-state index in [9.17, 15) is 5.26 Å². The van der Waals surface area contributed by atoms with Crippen LogP contribution in [-0.2, 0) is 0 Å². The first-order chi connectivity index (χ1) is 25.4. The van der Waals surface area contributed by atoms with Gasteiger partial charge in [0.05, 0.1) is 29.6 Å². The Morgan fingerprint density at radius 1 is 0.500 bits per heavy atom. The third-order valence-electron chi connectivity index (χ3n) is 10.2. The van der Waals surface area contributed by atoms with Crippen LogP contribution in [0.15, 0.2) is 146 Å². The molecule has 8 rings (SSSR count). The Labute approximate surface area is 305 Å². The summed E-state index contributed by atoms with van der Waals surface area (Å²) < 4.78 is 0. The van der Waals surface area contributed by atoms with Gasteiger partial charge in [-0.05, 0) is 117 Å². The quantitative estimate of drug-likeness (QED) is 0.119. The van der Waals surface area contributed by atoms with Crippen LogP contribution < -0.4 is 9.80 Å². The second-order valence-electron chi connectivity index (χ2n) is 14.0. The van der Waals surface area contributed by atoms with E-state index in [4.69, 9.17) is 6.57 Å². The second-order valence-corrected chi connectivity index (χ2v) is 14.0. The van der Waals surface area contributed by atoms with Crippen LogP contribution >= 0.6 is 0 Å². The number of anilines is 6. The SMILES string of the molecule is [C-]#[N+]c1ccc(N(c2ccccc2)c2cc(C(C)C)c3ccc4c(N(c5ccccc5)c5ccc(C#N)cc5)cc(C(C)C)c5ccc2c3c54)cc1. The number of hydrogen-bond acceptors (Lipinski definition) is 3. The Morgan fingerprint density at radius 3 is 1.27 bits per heavy atom. The second kappa shape index (κ2) is 13.3. The first kappa shape index (κ1) is 32.6. The third kappa shape index (κ3) is 5.47. The van der Waals surface area contributed by atoms with Gasteiger partial charge in [-0.15, -0.1) is 0 Å². The molecule has 0 saturated carbocycles. The lowest BCUT2D eigenvalue weighted by Crippen LogP contribution is -2.13. The molecule has 0 radical (unpaired) electrons. The minimum atomic E-state index is 0.271. The zero-order valence-electron chi connectivity index (χ0n) is 29.8. The summed E-state index contributed by atoms with van der Waals surface area (Å²) in [6.07, 6.45) is 0. The minimum absolute atomic E-state index is 0.271. The molecule has 8 aromatic carbocycles. The molecule has 0 aliphatic rings. The lowest BCUT2D eigenvalue weighted by molar-refractivity contribution is 0.875. The molecule has 0 aliphatic carbocycles. The van der Waals surface area contributed by atoms with Gasteiger partial charge in [0.2, 0.25) is 0 Å². The molecular weight excluding hydrogens is 633 g/mol. The van der Waals surface area contributed by atoms with Crippen LogP contribution in [-0.4, -0.2) is 0 Å². The van der Waals surface area contributed by atoms with Gasteiger partial charge in [-0.3, -0.25) is 0 Å². The molecule has 4 nitrogen and oxygen atoms in total.